The minimum atomic E-state index is -1.04. The summed E-state index contributed by atoms with van der Waals surface area (Å²) in [5.41, 5.74) is 0.304. The third-order valence-electron chi connectivity index (χ3n) is 2.44. The number of hydrogen-bond acceptors (Lipinski definition) is 4. The van der Waals surface area contributed by atoms with Gasteiger partial charge in [-0.2, -0.15) is 0 Å². The monoisotopic (exact) mass is 252 g/mol. The Morgan fingerprint density at radius 2 is 2.22 bits per heavy atom. The van der Waals surface area contributed by atoms with Gasteiger partial charge in [0.15, 0.2) is 12.4 Å². The van der Waals surface area contributed by atoms with Crippen molar-refractivity contribution < 1.29 is 24.2 Å². The standard InChI is InChI=1S/C13H16O5/c1-3-4-11(13(15)16)18-12-7-10(17-2)6-5-9(12)8-14/h5-8,11H,3-4H2,1-2H3,(H,15,16). The van der Waals surface area contributed by atoms with Crippen LogP contribution in [0.1, 0.15) is 30.1 Å². The van der Waals surface area contributed by atoms with Crippen LogP contribution in [0.15, 0.2) is 18.2 Å². The molecule has 0 saturated heterocycles. The molecule has 0 heterocycles. The van der Waals surface area contributed by atoms with Crippen molar-refractivity contribution in [2.24, 2.45) is 0 Å². The van der Waals surface area contributed by atoms with Gasteiger partial charge in [0.2, 0.25) is 0 Å². The average Bonchev–Trinajstić information content (AvgIpc) is 2.37. The number of carboxylic acid groups (broad SMARTS) is 1. The highest BCUT2D eigenvalue weighted by Gasteiger charge is 2.20. The number of rotatable bonds is 7. The number of aldehydes is 1. The van der Waals surface area contributed by atoms with Gasteiger partial charge in [-0.25, -0.2) is 4.79 Å². The number of ether oxygens (including phenoxy) is 2. The molecule has 1 atom stereocenters. The average molecular weight is 252 g/mol. The Balaban J connectivity index is 2.98. The molecule has 1 rings (SSSR count). The minimum Gasteiger partial charge on any atom is -0.497 e. The van der Waals surface area contributed by atoms with Crippen LogP contribution in [0.4, 0.5) is 0 Å². The van der Waals surface area contributed by atoms with Crippen LogP contribution in [0.2, 0.25) is 0 Å². The lowest BCUT2D eigenvalue weighted by atomic mass is 10.2. The lowest BCUT2D eigenvalue weighted by molar-refractivity contribution is -0.145. The van der Waals surface area contributed by atoms with E-state index in [1.54, 1.807) is 6.07 Å². The Labute approximate surface area is 105 Å². The number of methoxy groups -OCH3 is 1. The molecule has 0 fully saturated rings. The molecule has 0 aromatic heterocycles. The molecule has 0 amide bonds. The molecule has 0 spiro atoms. The summed E-state index contributed by atoms with van der Waals surface area (Å²) in [6.45, 7) is 1.87. The van der Waals surface area contributed by atoms with E-state index in [1.807, 2.05) is 6.92 Å². The summed E-state index contributed by atoms with van der Waals surface area (Å²) in [4.78, 5) is 21.9. The van der Waals surface area contributed by atoms with Gasteiger partial charge in [-0.1, -0.05) is 13.3 Å². The largest absolute Gasteiger partial charge is 0.497 e. The van der Waals surface area contributed by atoms with Crippen LogP contribution in [-0.2, 0) is 4.79 Å². The Hall–Kier alpha value is -2.04. The minimum absolute atomic E-state index is 0.227. The fraction of sp³-hybridized carbons (Fsp3) is 0.385. The van der Waals surface area contributed by atoms with E-state index in [1.165, 1.54) is 19.2 Å². The molecule has 0 aliphatic rings. The molecule has 1 unspecified atom stereocenters. The van der Waals surface area contributed by atoms with Crippen LogP contribution in [0.3, 0.4) is 0 Å². The number of carboxylic acids is 1. The zero-order valence-corrected chi connectivity index (χ0v) is 10.4. The third kappa shape index (κ3) is 3.48. The first-order valence-corrected chi connectivity index (χ1v) is 5.65. The smallest absolute Gasteiger partial charge is 0.344 e. The molecule has 0 saturated carbocycles. The SMILES string of the molecule is CCCC(Oc1cc(OC)ccc1C=O)C(=O)O. The second kappa shape index (κ2) is 6.64. The predicted octanol–water partition coefficient (Wildman–Crippen LogP) is 2.14. The van der Waals surface area contributed by atoms with Crippen LogP contribution < -0.4 is 9.47 Å². The van der Waals surface area contributed by atoms with Gasteiger partial charge < -0.3 is 14.6 Å². The molecule has 0 bridgehead atoms. The van der Waals surface area contributed by atoms with Crippen molar-refractivity contribution in [1.29, 1.82) is 0 Å². The van der Waals surface area contributed by atoms with Crippen LogP contribution >= 0.6 is 0 Å². The molecular formula is C13H16O5. The first-order valence-electron chi connectivity index (χ1n) is 5.65. The maximum absolute atomic E-state index is 11.0. The van der Waals surface area contributed by atoms with E-state index in [4.69, 9.17) is 14.6 Å². The fourth-order valence-corrected chi connectivity index (χ4v) is 1.49. The van der Waals surface area contributed by atoms with Crippen molar-refractivity contribution in [2.45, 2.75) is 25.9 Å². The molecule has 5 heteroatoms. The summed E-state index contributed by atoms with van der Waals surface area (Å²) < 4.78 is 10.4. The molecule has 0 aliphatic carbocycles. The number of carbonyl (C=O) groups excluding carboxylic acids is 1. The Morgan fingerprint density at radius 3 is 2.72 bits per heavy atom. The number of carbonyl (C=O) groups is 2. The molecule has 18 heavy (non-hydrogen) atoms. The van der Waals surface area contributed by atoms with Crippen molar-refractivity contribution in [2.75, 3.05) is 7.11 Å². The van der Waals surface area contributed by atoms with Gasteiger partial charge in [-0.15, -0.1) is 0 Å². The first kappa shape index (κ1) is 14.0. The highest BCUT2D eigenvalue weighted by atomic mass is 16.5. The second-order valence-corrected chi connectivity index (χ2v) is 3.76. The topological polar surface area (TPSA) is 72.8 Å². The summed E-state index contributed by atoms with van der Waals surface area (Å²) in [5, 5.41) is 9.01. The van der Waals surface area contributed by atoms with E-state index >= 15 is 0 Å². The molecule has 0 aliphatic heterocycles. The van der Waals surface area contributed by atoms with Gasteiger partial charge in [-0.3, -0.25) is 4.79 Å². The number of benzene rings is 1. The van der Waals surface area contributed by atoms with Crippen LogP contribution in [0.25, 0.3) is 0 Å². The third-order valence-corrected chi connectivity index (χ3v) is 2.44. The quantitative estimate of drug-likeness (QED) is 0.752. The van der Waals surface area contributed by atoms with Gasteiger partial charge in [0.25, 0.3) is 0 Å². The van der Waals surface area contributed by atoms with Crippen molar-refractivity contribution >= 4 is 12.3 Å². The van der Waals surface area contributed by atoms with Crippen LogP contribution in [0, 0.1) is 0 Å². The van der Waals surface area contributed by atoms with E-state index in [-0.39, 0.29) is 5.75 Å². The highest BCUT2D eigenvalue weighted by molar-refractivity contribution is 5.80. The lowest BCUT2D eigenvalue weighted by Gasteiger charge is -2.16. The van der Waals surface area contributed by atoms with E-state index < -0.39 is 12.1 Å². The van der Waals surface area contributed by atoms with Crippen molar-refractivity contribution in [3.05, 3.63) is 23.8 Å². The van der Waals surface area contributed by atoms with Gasteiger partial charge in [0.1, 0.15) is 11.5 Å². The Morgan fingerprint density at radius 1 is 1.50 bits per heavy atom. The molecule has 1 aromatic carbocycles. The maximum Gasteiger partial charge on any atom is 0.344 e. The predicted molar refractivity (Wildman–Crippen MR) is 65.3 cm³/mol. The molecular weight excluding hydrogens is 236 g/mol. The van der Waals surface area contributed by atoms with E-state index in [9.17, 15) is 9.59 Å². The van der Waals surface area contributed by atoms with Gasteiger partial charge in [-0.05, 0) is 18.6 Å². The normalized spacial score (nSPS) is 11.7. The maximum atomic E-state index is 11.0. The summed E-state index contributed by atoms with van der Waals surface area (Å²) in [6, 6.07) is 4.66. The molecule has 98 valence electrons. The first-order chi connectivity index (χ1) is 8.62. The van der Waals surface area contributed by atoms with Crippen LogP contribution in [0.5, 0.6) is 11.5 Å². The van der Waals surface area contributed by atoms with Gasteiger partial charge in [0, 0.05) is 6.07 Å². The zero-order valence-electron chi connectivity index (χ0n) is 10.4. The van der Waals surface area contributed by atoms with E-state index in [2.05, 4.69) is 0 Å². The van der Waals surface area contributed by atoms with Gasteiger partial charge >= 0.3 is 5.97 Å². The van der Waals surface area contributed by atoms with Crippen LogP contribution in [-0.4, -0.2) is 30.6 Å². The van der Waals surface area contributed by atoms with E-state index in [0.717, 1.165) is 0 Å². The van der Waals surface area contributed by atoms with Crippen molar-refractivity contribution in [3.63, 3.8) is 0 Å². The molecule has 1 N–H and O–H groups in total. The Bertz CT molecular complexity index is 427. The zero-order chi connectivity index (χ0) is 13.5. The number of aliphatic carboxylic acids is 1. The van der Waals surface area contributed by atoms with Gasteiger partial charge in [0.05, 0.1) is 12.7 Å². The number of hydrogen-bond donors (Lipinski definition) is 1. The van der Waals surface area contributed by atoms with E-state index in [0.29, 0.717) is 30.4 Å². The summed E-state index contributed by atoms with van der Waals surface area (Å²) in [7, 11) is 1.49. The summed E-state index contributed by atoms with van der Waals surface area (Å²) in [6.07, 6.45) is 0.725. The molecule has 0 radical (unpaired) electrons. The molecule has 5 nitrogen and oxygen atoms in total. The highest BCUT2D eigenvalue weighted by Crippen LogP contribution is 2.25. The second-order valence-electron chi connectivity index (χ2n) is 3.76. The fourth-order valence-electron chi connectivity index (χ4n) is 1.49. The van der Waals surface area contributed by atoms with Crippen molar-refractivity contribution in [3.8, 4) is 11.5 Å². The summed E-state index contributed by atoms with van der Waals surface area (Å²) >= 11 is 0. The summed E-state index contributed by atoms with van der Waals surface area (Å²) in [5.74, 6) is -0.307. The Kier molecular flexibility index (Phi) is 5.17. The molecule has 1 aromatic rings. The van der Waals surface area contributed by atoms with Crippen molar-refractivity contribution in [1.82, 2.24) is 0 Å². The lowest BCUT2D eigenvalue weighted by Crippen LogP contribution is -2.27.